The predicted octanol–water partition coefficient (Wildman–Crippen LogP) is 6.79. The van der Waals surface area contributed by atoms with E-state index in [0.717, 1.165) is 21.2 Å². The SMILES string of the molecule is CCOc1cc(/C=C2\C(=O)NC(=O)N(c3cccc(Cl)c3)C2=O)cc(Cl)c1OCc1cccc2ccccc12. The Bertz CT molecular complexity index is 1640. The number of nitrogens with zero attached hydrogens (tertiary/aromatic N) is 1. The molecule has 5 rings (SSSR count). The highest BCUT2D eigenvalue weighted by atomic mass is 35.5. The molecule has 4 aromatic rings. The highest BCUT2D eigenvalue weighted by Crippen LogP contribution is 2.38. The van der Waals surface area contributed by atoms with Crippen LogP contribution in [0, 0.1) is 0 Å². The summed E-state index contributed by atoms with van der Waals surface area (Å²) < 4.78 is 11.9. The zero-order valence-corrected chi connectivity index (χ0v) is 22.3. The maximum atomic E-state index is 13.2. The Morgan fingerprint density at radius 1 is 0.897 bits per heavy atom. The average Bonchev–Trinajstić information content (AvgIpc) is 2.91. The minimum absolute atomic E-state index is 0.230. The molecule has 0 bridgehead atoms. The van der Waals surface area contributed by atoms with Gasteiger partial charge in [0.2, 0.25) is 0 Å². The Morgan fingerprint density at radius 2 is 1.67 bits per heavy atom. The van der Waals surface area contributed by atoms with Gasteiger partial charge in [0.25, 0.3) is 11.8 Å². The van der Waals surface area contributed by atoms with Crippen LogP contribution in [0.15, 0.2) is 84.4 Å². The molecule has 4 aromatic carbocycles. The Labute approximate surface area is 234 Å². The normalized spacial score (nSPS) is 14.6. The molecule has 1 saturated heterocycles. The molecule has 0 unspecified atom stereocenters. The van der Waals surface area contributed by atoms with Crippen LogP contribution in [0.5, 0.6) is 11.5 Å². The van der Waals surface area contributed by atoms with Gasteiger partial charge in [-0.3, -0.25) is 14.9 Å². The van der Waals surface area contributed by atoms with Crippen molar-refractivity contribution >= 4 is 63.6 Å². The van der Waals surface area contributed by atoms with Crippen LogP contribution in [0.25, 0.3) is 16.8 Å². The van der Waals surface area contributed by atoms with Crippen LogP contribution in [0.1, 0.15) is 18.1 Å². The largest absolute Gasteiger partial charge is 0.490 e. The van der Waals surface area contributed by atoms with Crippen molar-refractivity contribution in [2.45, 2.75) is 13.5 Å². The number of urea groups is 1. The summed E-state index contributed by atoms with van der Waals surface area (Å²) in [6.07, 6.45) is 1.35. The number of carbonyl (C=O) groups is 3. The zero-order valence-electron chi connectivity index (χ0n) is 20.7. The van der Waals surface area contributed by atoms with Crippen molar-refractivity contribution in [3.8, 4) is 11.5 Å². The second-order valence-corrected chi connectivity index (χ2v) is 9.47. The topological polar surface area (TPSA) is 84.9 Å². The van der Waals surface area contributed by atoms with Crippen molar-refractivity contribution in [2.75, 3.05) is 11.5 Å². The molecule has 1 aliphatic heterocycles. The summed E-state index contributed by atoms with van der Waals surface area (Å²) in [5, 5.41) is 4.93. The van der Waals surface area contributed by atoms with Gasteiger partial charge in [-0.05, 0) is 65.2 Å². The van der Waals surface area contributed by atoms with Crippen molar-refractivity contribution in [3.05, 3.63) is 106 Å². The molecule has 0 radical (unpaired) electrons. The Kier molecular flexibility index (Phi) is 7.54. The van der Waals surface area contributed by atoms with Crippen LogP contribution in [-0.2, 0) is 16.2 Å². The molecule has 39 heavy (non-hydrogen) atoms. The summed E-state index contributed by atoms with van der Waals surface area (Å²) in [5.41, 5.74) is 1.37. The van der Waals surface area contributed by atoms with E-state index in [2.05, 4.69) is 5.32 Å². The van der Waals surface area contributed by atoms with Crippen LogP contribution in [0.3, 0.4) is 0 Å². The smallest absolute Gasteiger partial charge is 0.335 e. The molecule has 1 N–H and O–H groups in total. The van der Waals surface area contributed by atoms with E-state index in [1.54, 1.807) is 30.3 Å². The summed E-state index contributed by atoms with van der Waals surface area (Å²) in [6, 6.07) is 22.5. The molecule has 7 nitrogen and oxygen atoms in total. The van der Waals surface area contributed by atoms with E-state index in [1.807, 2.05) is 49.4 Å². The van der Waals surface area contributed by atoms with Crippen molar-refractivity contribution in [2.24, 2.45) is 0 Å². The van der Waals surface area contributed by atoms with Gasteiger partial charge < -0.3 is 9.47 Å². The number of ether oxygens (including phenoxy) is 2. The van der Waals surface area contributed by atoms with E-state index in [-0.39, 0.29) is 22.9 Å². The van der Waals surface area contributed by atoms with Crippen molar-refractivity contribution in [1.82, 2.24) is 5.32 Å². The fourth-order valence-corrected chi connectivity index (χ4v) is 4.77. The number of fused-ring (bicyclic) bond motifs is 1. The fourth-order valence-electron chi connectivity index (χ4n) is 4.32. The van der Waals surface area contributed by atoms with Crippen LogP contribution < -0.4 is 19.7 Å². The van der Waals surface area contributed by atoms with Crippen LogP contribution in [-0.4, -0.2) is 24.5 Å². The van der Waals surface area contributed by atoms with E-state index in [0.29, 0.717) is 28.7 Å². The van der Waals surface area contributed by atoms with Crippen molar-refractivity contribution < 1.29 is 23.9 Å². The van der Waals surface area contributed by atoms with E-state index < -0.39 is 17.8 Å². The number of benzene rings is 4. The summed E-state index contributed by atoms with van der Waals surface area (Å²) >= 11 is 12.6. The van der Waals surface area contributed by atoms with Crippen molar-refractivity contribution in [1.29, 1.82) is 0 Å². The number of carbonyl (C=O) groups excluding carboxylic acids is 3. The number of barbiturate groups is 1. The molecule has 1 heterocycles. The van der Waals surface area contributed by atoms with Gasteiger partial charge in [0.1, 0.15) is 12.2 Å². The first-order valence-electron chi connectivity index (χ1n) is 12.1. The zero-order chi connectivity index (χ0) is 27.5. The van der Waals surface area contributed by atoms with Crippen LogP contribution in [0.2, 0.25) is 10.0 Å². The number of hydrogen-bond donors (Lipinski definition) is 1. The Balaban J connectivity index is 1.47. The molecule has 4 amide bonds. The first-order valence-corrected chi connectivity index (χ1v) is 12.8. The number of nitrogens with one attached hydrogen (secondary N) is 1. The molecule has 1 fully saturated rings. The van der Waals surface area contributed by atoms with Gasteiger partial charge in [-0.25, -0.2) is 9.69 Å². The number of amides is 4. The second kappa shape index (κ2) is 11.2. The number of hydrogen-bond acceptors (Lipinski definition) is 5. The van der Waals surface area contributed by atoms with E-state index in [9.17, 15) is 14.4 Å². The maximum Gasteiger partial charge on any atom is 0.335 e. The molecular formula is C30H22Cl2N2O5. The third-order valence-corrected chi connectivity index (χ3v) is 6.58. The molecule has 9 heteroatoms. The minimum Gasteiger partial charge on any atom is -0.490 e. The quantitative estimate of drug-likeness (QED) is 0.198. The Morgan fingerprint density at radius 3 is 2.46 bits per heavy atom. The van der Waals surface area contributed by atoms with Gasteiger partial charge in [0.05, 0.1) is 17.3 Å². The highest BCUT2D eigenvalue weighted by molar-refractivity contribution is 6.39. The average molecular weight is 561 g/mol. The Hall–Kier alpha value is -4.33. The predicted molar refractivity (Wildman–Crippen MR) is 151 cm³/mol. The maximum absolute atomic E-state index is 13.2. The molecule has 196 valence electrons. The lowest BCUT2D eigenvalue weighted by Gasteiger charge is -2.26. The van der Waals surface area contributed by atoms with E-state index >= 15 is 0 Å². The fraction of sp³-hybridized carbons (Fsp3) is 0.100. The monoisotopic (exact) mass is 560 g/mol. The van der Waals surface area contributed by atoms with E-state index in [4.69, 9.17) is 32.7 Å². The molecular weight excluding hydrogens is 539 g/mol. The van der Waals surface area contributed by atoms with Gasteiger partial charge in [0.15, 0.2) is 11.5 Å². The lowest BCUT2D eigenvalue weighted by Crippen LogP contribution is -2.54. The third-order valence-electron chi connectivity index (χ3n) is 6.06. The summed E-state index contributed by atoms with van der Waals surface area (Å²) in [6.45, 7) is 2.40. The van der Waals surface area contributed by atoms with Gasteiger partial charge >= 0.3 is 6.03 Å². The van der Waals surface area contributed by atoms with Gasteiger partial charge in [-0.1, -0.05) is 71.7 Å². The van der Waals surface area contributed by atoms with Crippen LogP contribution >= 0.6 is 23.2 Å². The molecule has 0 saturated carbocycles. The van der Waals surface area contributed by atoms with Crippen molar-refractivity contribution in [3.63, 3.8) is 0 Å². The van der Waals surface area contributed by atoms with Crippen LogP contribution in [0.4, 0.5) is 10.5 Å². The number of anilines is 1. The van der Waals surface area contributed by atoms with Gasteiger partial charge in [0, 0.05) is 5.02 Å². The second-order valence-electron chi connectivity index (χ2n) is 8.63. The highest BCUT2D eigenvalue weighted by Gasteiger charge is 2.37. The summed E-state index contributed by atoms with van der Waals surface area (Å²) in [4.78, 5) is 39.2. The first-order chi connectivity index (χ1) is 18.9. The van der Waals surface area contributed by atoms with Gasteiger partial charge in [-0.2, -0.15) is 0 Å². The standard InChI is InChI=1S/C30H22Cl2N2O5/c1-2-38-26-15-18(13-24-28(35)33-30(37)34(29(24)36)22-11-6-10-21(31)16-22)14-25(32)27(26)39-17-20-9-5-8-19-7-3-4-12-23(19)20/h3-16H,2,17H2,1H3,(H,33,35,37)/b24-13+. The van der Waals surface area contributed by atoms with E-state index in [1.165, 1.54) is 12.1 Å². The number of rotatable bonds is 7. The molecule has 0 aromatic heterocycles. The van der Waals surface area contributed by atoms with Gasteiger partial charge in [-0.15, -0.1) is 0 Å². The minimum atomic E-state index is -0.866. The number of imide groups is 2. The first kappa shape index (κ1) is 26.3. The molecule has 1 aliphatic rings. The lowest BCUT2D eigenvalue weighted by atomic mass is 10.1. The molecule has 0 aliphatic carbocycles. The summed E-state index contributed by atoms with van der Waals surface area (Å²) in [5.74, 6) is -0.933. The lowest BCUT2D eigenvalue weighted by molar-refractivity contribution is -0.122. The number of halogens is 2. The third kappa shape index (κ3) is 5.46. The molecule has 0 spiro atoms. The molecule has 0 atom stereocenters. The summed E-state index contributed by atoms with van der Waals surface area (Å²) in [7, 11) is 0.